The van der Waals surface area contributed by atoms with Crippen LogP contribution in [0.2, 0.25) is 5.15 Å². The van der Waals surface area contributed by atoms with Gasteiger partial charge < -0.3 is 0 Å². The van der Waals surface area contributed by atoms with Crippen LogP contribution in [-0.2, 0) is 6.54 Å². The lowest BCUT2D eigenvalue weighted by Crippen LogP contribution is -2.19. The molecule has 1 aliphatic carbocycles. The van der Waals surface area contributed by atoms with Gasteiger partial charge in [-0.1, -0.05) is 11.6 Å². The summed E-state index contributed by atoms with van der Waals surface area (Å²) in [6.45, 7) is -1.50. The van der Waals surface area contributed by atoms with Crippen LogP contribution in [0.1, 0.15) is 29.4 Å². The fraction of sp³-hybridized carbons (Fsp3) is 0.278. The van der Waals surface area contributed by atoms with Gasteiger partial charge in [-0.15, -0.1) is 0 Å². The fourth-order valence-electron chi connectivity index (χ4n) is 3.83. The number of rotatable bonds is 3. The first kappa shape index (κ1) is 18.3. The molecule has 1 unspecified atom stereocenters. The lowest BCUT2D eigenvalue weighted by atomic mass is 10.0. The van der Waals surface area contributed by atoms with E-state index in [2.05, 4.69) is 15.2 Å². The van der Waals surface area contributed by atoms with E-state index in [4.69, 9.17) is 11.6 Å². The van der Waals surface area contributed by atoms with Gasteiger partial charge in [-0.2, -0.15) is 23.4 Å². The quantitative estimate of drug-likeness (QED) is 0.439. The molecule has 3 heterocycles. The second-order valence-electron chi connectivity index (χ2n) is 7.01. The molecule has 0 amide bonds. The second kappa shape index (κ2) is 6.12. The summed E-state index contributed by atoms with van der Waals surface area (Å²) in [6.07, 6.45) is -0.0613. The predicted octanol–water partition coefficient (Wildman–Crippen LogP) is 4.84. The zero-order chi connectivity index (χ0) is 20.5. The van der Waals surface area contributed by atoms with E-state index in [0.717, 1.165) is 17.8 Å². The Hall–Kier alpha value is -2.75. The van der Waals surface area contributed by atoms with Crippen molar-refractivity contribution in [3.63, 3.8) is 0 Å². The lowest BCUT2D eigenvalue weighted by molar-refractivity contribution is -0.141. The molecule has 2 atom stereocenters. The summed E-state index contributed by atoms with van der Waals surface area (Å²) in [5.41, 5.74) is 0.804. The Balaban J connectivity index is 1.59. The molecular formula is C18H11ClF5N5. The van der Waals surface area contributed by atoms with Gasteiger partial charge in [0.1, 0.15) is 23.0 Å². The van der Waals surface area contributed by atoms with Crippen LogP contribution in [-0.4, -0.2) is 30.6 Å². The van der Waals surface area contributed by atoms with E-state index in [0.29, 0.717) is 16.7 Å². The standard InChI is InChI=1S/C18H11ClF5N5/c19-14-5-11(17-25-1-2-28(17)27-14)9-3-8(9)10-4-13(20)12-6-26-29(7-18(22,23)24)16(12)15(10)21/h1-2,4-6,8-9H,3,7H2/t8-,9?/m0/s1. The number of halogens is 6. The number of aromatic nitrogens is 5. The van der Waals surface area contributed by atoms with Crippen LogP contribution in [0.15, 0.2) is 30.7 Å². The van der Waals surface area contributed by atoms with Crippen molar-refractivity contribution in [3.8, 4) is 0 Å². The van der Waals surface area contributed by atoms with E-state index in [-0.39, 0.29) is 22.0 Å². The molecular weight excluding hydrogens is 417 g/mol. The molecule has 0 radical (unpaired) electrons. The van der Waals surface area contributed by atoms with E-state index < -0.39 is 35.8 Å². The smallest absolute Gasteiger partial charge is 0.253 e. The maximum Gasteiger partial charge on any atom is 0.408 e. The molecule has 150 valence electrons. The van der Waals surface area contributed by atoms with E-state index in [9.17, 15) is 17.6 Å². The van der Waals surface area contributed by atoms with Gasteiger partial charge in [-0.05, 0) is 36.0 Å². The Labute approximate surface area is 164 Å². The van der Waals surface area contributed by atoms with Crippen molar-refractivity contribution in [2.45, 2.75) is 31.0 Å². The molecule has 1 aliphatic rings. The summed E-state index contributed by atoms with van der Waals surface area (Å²) in [5, 5.41) is 7.55. The number of imidazole rings is 1. The van der Waals surface area contributed by atoms with Gasteiger partial charge in [0.05, 0.1) is 11.6 Å². The first-order valence-electron chi connectivity index (χ1n) is 8.63. The minimum absolute atomic E-state index is 0.0153. The van der Waals surface area contributed by atoms with Crippen molar-refractivity contribution in [1.82, 2.24) is 24.4 Å². The zero-order valence-corrected chi connectivity index (χ0v) is 15.2. The average molecular weight is 428 g/mol. The van der Waals surface area contributed by atoms with Crippen LogP contribution in [0, 0.1) is 11.6 Å². The summed E-state index contributed by atoms with van der Waals surface area (Å²) >= 11 is 6.04. The van der Waals surface area contributed by atoms with E-state index in [1.54, 1.807) is 18.5 Å². The van der Waals surface area contributed by atoms with Crippen molar-refractivity contribution in [1.29, 1.82) is 0 Å². The van der Waals surface area contributed by atoms with Crippen LogP contribution < -0.4 is 0 Å². The summed E-state index contributed by atoms with van der Waals surface area (Å²) in [5.74, 6) is -2.32. The molecule has 1 aromatic carbocycles. The molecule has 0 bridgehead atoms. The number of alkyl halides is 3. The van der Waals surface area contributed by atoms with E-state index >= 15 is 4.39 Å². The molecule has 0 aliphatic heterocycles. The Morgan fingerprint density at radius 2 is 1.90 bits per heavy atom. The van der Waals surface area contributed by atoms with Crippen molar-refractivity contribution in [2.75, 3.05) is 0 Å². The minimum Gasteiger partial charge on any atom is -0.253 e. The Morgan fingerprint density at radius 1 is 1.14 bits per heavy atom. The first-order valence-corrected chi connectivity index (χ1v) is 9.00. The SMILES string of the molecule is Fc1cc([C@H]2CC2c2cc(Cl)nn3ccnc23)c(F)c2c1cnn2CC(F)(F)F. The highest BCUT2D eigenvalue weighted by molar-refractivity contribution is 6.29. The Kier molecular flexibility index (Phi) is 3.86. The largest absolute Gasteiger partial charge is 0.408 e. The highest BCUT2D eigenvalue weighted by Gasteiger charge is 2.44. The molecule has 1 fully saturated rings. The van der Waals surface area contributed by atoms with Gasteiger partial charge in [0.2, 0.25) is 0 Å². The molecule has 0 saturated heterocycles. The van der Waals surface area contributed by atoms with Crippen molar-refractivity contribution >= 4 is 28.2 Å². The molecule has 4 aromatic rings. The summed E-state index contributed by atoms with van der Waals surface area (Å²) in [4.78, 5) is 4.22. The highest BCUT2D eigenvalue weighted by atomic mass is 35.5. The van der Waals surface area contributed by atoms with E-state index in [1.807, 2.05) is 0 Å². The van der Waals surface area contributed by atoms with Gasteiger partial charge in [-0.3, -0.25) is 4.68 Å². The summed E-state index contributed by atoms with van der Waals surface area (Å²) in [6, 6.07) is 2.66. The number of hydrogen-bond acceptors (Lipinski definition) is 3. The maximum absolute atomic E-state index is 15.2. The Morgan fingerprint density at radius 3 is 2.66 bits per heavy atom. The van der Waals surface area contributed by atoms with Crippen LogP contribution in [0.4, 0.5) is 22.0 Å². The average Bonchev–Trinajstić information content (AvgIpc) is 3.06. The van der Waals surface area contributed by atoms with Crippen LogP contribution in [0.5, 0.6) is 0 Å². The minimum atomic E-state index is -4.61. The summed E-state index contributed by atoms with van der Waals surface area (Å²) in [7, 11) is 0. The van der Waals surface area contributed by atoms with Gasteiger partial charge in [0, 0.05) is 18.0 Å². The number of fused-ring (bicyclic) bond motifs is 2. The highest BCUT2D eigenvalue weighted by Crippen LogP contribution is 2.56. The third kappa shape index (κ3) is 3.02. The monoisotopic (exact) mass is 427 g/mol. The van der Waals surface area contributed by atoms with Gasteiger partial charge in [0.25, 0.3) is 0 Å². The van der Waals surface area contributed by atoms with Gasteiger partial charge in [-0.25, -0.2) is 18.3 Å². The van der Waals surface area contributed by atoms with Crippen molar-refractivity contribution in [2.24, 2.45) is 0 Å². The Bertz CT molecular complexity index is 1260. The molecule has 0 spiro atoms. The van der Waals surface area contributed by atoms with Crippen LogP contribution >= 0.6 is 11.6 Å². The number of hydrogen-bond donors (Lipinski definition) is 0. The molecule has 3 aromatic heterocycles. The van der Waals surface area contributed by atoms with Crippen molar-refractivity contribution < 1.29 is 22.0 Å². The number of nitrogens with zero attached hydrogens (tertiary/aromatic N) is 5. The van der Waals surface area contributed by atoms with Gasteiger partial charge in [0.15, 0.2) is 11.5 Å². The van der Waals surface area contributed by atoms with Crippen molar-refractivity contribution in [3.05, 3.63) is 58.6 Å². The molecule has 5 nitrogen and oxygen atoms in total. The maximum atomic E-state index is 15.2. The van der Waals surface area contributed by atoms with Gasteiger partial charge >= 0.3 is 6.18 Å². The van der Waals surface area contributed by atoms with Crippen LogP contribution in [0.25, 0.3) is 16.6 Å². The normalized spacial score (nSPS) is 19.4. The second-order valence-corrected chi connectivity index (χ2v) is 7.40. The summed E-state index contributed by atoms with van der Waals surface area (Å²) < 4.78 is 70.0. The van der Waals surface area contributed by atoms with E-state index in [1.165, 1.54) is 4.52 Å². The molecule has 29 heavy (non-hydrogen) atoms. The number of benzene rings is 1. The zero-order valence-electron chi connectivity index (χ0n) is 14.5. The van der Waals surface area contributed by atoms with Crippen LogP contribution in [0.3, 0.4) is 0 Å². The third-order valence-corrected chi connectivity index (χ3v) is 5.30. The lowest BCUT2D eigenvalue weighted by Gasteiger charge is -2.11. The third-order valence-electron chi connectivity index (χ3n) is 5.12. The molecule has 1 saturated carbocycles. The molecule has 5 rings (SSSR count). The predicted molar refractivity (Wildman–Crippen MR) is 93.8 cm³/mol. The fourth-order valence-corrected chi connectivity index (χ4v) is 4.03. The first-order chi connectivity index (χ1) is 13.7. The molecule has 0 N–H and O–H groups in total. The molecule has 11 heteroatoms. The topological polar surface area (TPSA) is 48.0 Å².